The smallest absolute Gasteiger partial charge is 0.265 e. The number of anilines is 1. The summed E-state index contributed by atoms with van der Waals surface area (Å²) in [6, 6.07) is 11.4. The molecule has 25 heavy (non-hydrogen) atoms. The van der Waals surface area contributed by atoms with Crippen LogP contribution in [-0.2, 0) is 10.0 Å². The van der Waals surface area contributed by atoms with E-state index in [2.05, 4.69) is 26.0 Å². The van der Waals surface area contributed by atoms with Crippen LogP contribution in [0.4, 0.5) is 5.69 Å². The number of ether oxygens (including phenoxy) is 1. The van der Waals surface area contributed by atoms with Crippen molar-refractivity contribution in [2.24, 2.45) is 0 Å². The van der Waals surface area contributed by atoms with E-state index in [1.165, 1.54) is 13.2 Å². The molecule has 132 valence electrons. The summed E-state index contributed by atoms with van der Waals surface area (Å²) in [5.41, 5.74) is 0.509. The second-order valence-corrected chi connectivity index (χ2v) is 8.26. The molecule has 1 saturated carbocycles. The van der Waals surface area contributed by atoms with Crippen molar-refractivity contribution >= 4 is 37.5 Å². The van der Waals surface area contributed by atoms with Crippen molar-refractivity contribution in [3.8, 4) is 5.75 Å². The lowest BCUT2D eigenvalue weighted by atomic mass is 10.1. The Labute approximate surface area is 154 Å². The van der Waals surface area contributed by atoms with Crippen molar-refractivity contribution in [2.45, 2.75) is 23.8 Å². The number of sulfonamides is 1. The van der Waals surface area contributed by atoms with Gasteiger partial charge in [0.2, 0.25) is 0 Å². The van der Waals surface area contributed by atoms with E-state index in [0.717, 1.165) is 12.8 Å². The molecule has 0 atom stereocenters. The summed E-state index contributed by atoms with van der Waals surface area (Å²) >= 11 is 3.26. The molecule has 0 radical (unpaired) electrons. The number of hydrogen-bond donors (Lipinski definition) is 2. The molecule has 1 aliphatic carbocycles. The van der Waals surface area contributed by atoms with Crippen molar-refractivity contribution in [1.82, 2.24) is 5.32 Å². The van der Waals surface area contributed by atoms with Gasteiger partial charge in [-0.3, -0.25) is 9.52 Å². The maximum absolute atomic E-state index is 12.8. The molecule has 2 aromatic rings. The number of carbonyl (C=O) groups excluding carboxylic acids is 1. The number of hydrogen-bond acceptors (Lipinski definition) is 4. The van der Waals surface area contributed by atoms with Crippen LogP contribution in [0.25, 0.3) is 0 Å². The van der Waals surface area contributed by atoms with Crippen molar-refractivity contribution < 1.29 is 17.9 Å². The van der Waals surface area contributed by atoms with E-state index in [9.17, 15) is 13.2 Å². The zero-order chi connectivity index (χ0) is 18.0. The number of methoxy groups -OCH3 is 1. The molecule has 8 heteroatoms. The number of para-hydroxylation sites is 1. The van der Waals surface area contributed by atoms with Gasteiger partial charge >= 0.3 is 0 Å². The minimum absolute atomic E-state index is 0.0122. The Balaban J connectivity index is 1.94. The highest BCUT2D eigenvalue weighted by molar-refractivity contribution is 9.10. The predicted octanol–water partition coefficient (Wildman–Crippen LogP) is 3.15. The van der Waals surface area contributed by atoms with Gasteiger partial charge in [0.1, 0.15) is 10.6 Å². The lowest BCUT2D eigenvalue weighted by Gasteiger charge is -2.14. The van der Waals surface area contributed by atoms with Crippen LogP contribution in [0.5, 0.6) is 5.75 Å². The van der Waals surface area contributed by atoms with Crippen LogP contribution in [0.1, 0.15) is 23.2 Å². The number of carbonyl (C=O) groups is 1. The molecule has 3 rings (SSSR count). The lowest BCUT2D eigenvalue weighted by molar-refractivity contribution is 0.0952. The summed E-state index contributed by atoms with van der Waals surface area (Å²) in [6.45, 7) is 0. The highest BCUT2D eigenvalue weighted by Gasteiger charge is 2.26. The largest absolute Gasteiger partial charge is 0.495 e. The summed E-state index contributed by atoms with van der Waals surface area (Å²) in [6.07, 6.45) is 1.91. The summed E-state index contributed by atoms with van der Waals surface area (Å²) in [5.74, 6) is -0.0716. The molecule has 2 N–H and O–H groups in total. The van der Waals surface area contributed by atoms with E-state index in [-0.39, 0.29) is 33.8 Å². The van der Waals surface area contributed by atoms with Crippen LogP contribution in [0, 0.1) is 0 Å². The Kier molecular flexibility index (Phi) is 5.01. The molecular formula is C17H17BrN2O4S. The van der Waals surface area contributed by atoms with E-state index in [0.29, 0.717) is 4.47 Å². The molecule has 0 saturated heterocycles. The van der Waals surface area contributed by atoms with E-state index in [4.69, 9.17) is 4.74 Å². The van der Waals surface area contributed by atoms with E-state index in [1.54, 1.807) is 36.4 Å². The highest BCUT2D eigenvalue weighted by Crippen LogP contribution is 2.30. The molecule has 1 fully saturated rings. The second-order valence-electron chi connectivity index (χ2n) is 5.69. The minimum Gasteiger partial charge on any atom is -0.495 e. The van der Waals surface area contributed by atoms with Gasteiger partial charge in [-0.2, -0.15) is 0 Å². The zero-order valence-electron chi connectivity index (χ0n) is 13.5. The van der Waals surface area contributed by atoms with Crippen LogP contribution in [-0.4, -0.2) is 27.5 Å². The van der Waals surface area contributed by atoms with Gasteiger partial charge in [0, 0.05) is 10.5 Å². The molecule has 0 heterocycles. The monoisotopic (exact) mass is 424 g/mol. The Morgan fingerprint density at radius 1 is 1.20 bits per heavy atom. The average Bonchev–Trinajstić information content (AvgIpc) is 3.39. The molecule has 0 bridgehead atoms. The SMILES string of the molecule is COc1ccc(Br)cc1S(=O)(=O)Nc1ccccc1C(=O)NC1CC1. The fourth-order valence-corrected chi connectivity index (χ4v) is 4.11. The Morgan fingerprint density at radius 3 is 2.60 bits per heavy atom. The Hall–Kier alpha value is -2.06. The fraction of sp³-hybridized carbons (Fsp3) is 0.235. The van der Waals surface area contributed by atoms with Crippen LogP contribution in [0.15, 0.2) is 51.8 Å². The van der Waals surface area contributed by atoms with Crippen molar-refractivity contribution in [3.05, 3.63) is 52.5 Å². The molecule has 6 nitrogen and oxygen atoms in total. The maximum Gasteiger partial charge on any atom is 0.265 e. The van der Waals surface area contributed by atoms with Gasteiger partial charge in [-0.1, -0.05) is 28.1 Å². The standard InChI is InChI=1S/C17H17BrN2O4S/c1-24-15-9-6-11(18)10-16(15)25(22,23)20-14-5-3-2-4-13(14)17(21)19-12-7-8-12/h2-6,9-10,12,20H,7-8H2,1H3,(H,19,21). The highest BCUT2D eigenvalue weighted by atomic mass is 79.9. The molecular weight excluding hydrogens is 408 g/mol. The van der Waals surface area contributed by atoms with Gasteiger partial charge in [0.15, 0.2) is 0 Å². The van der Waals surface area contributed by atoms with E-state index in [1.807, 2.05) is 0 Å². The normalized spacial score (nSPS) is 14.0. The second kappa shape index (κ2) is 7.05. The first-order valence-corrected chi connectivity index (χ1v) is 9.94. The van der Waals surface area contributed by atoms with Gasteiger partial charge in [-0.05, 0) is 43.2 Å². The molecule has 0 unspecified atom stereocenters. The van der Waals surface area contributed by atoms with Crippen molar-refractivity contribution in [1.29, 1.82) is 0 Å². The third-order valence-electron chi connectivity index (χ3n) is 3.74. The molecule has 1 aliphatic rings. The summed E-state index contributed by atoms with van der Waals surface area (Å²) in [7, 11) is -2.53. The van der Waals surface area contributed by atoms with Gasteiger partial charge in [0.25, 0.3) is 15.9 Å². The van der Waals surface area contributed by atoms with Crippen LogP contribution < -0.4 is 14.8 Å². The van der Waals surface area contributed by atoms with E-state index >= 15 is 0 Å². The quantitative estimate of drug-likeness (QED) is 0.745. The van der Waals surface area contributed by atoms with E-state index < -0.39 is 10.0 Å². The summed E-state index contributed by atoms with van der Waals surface area (Å²) < 4.78 is 33.8. The van der Waals surface area contributed by atoms with Gasteiger partial charge in [-0.25, -0.2) is 8.42 Å². The Morgan fingerprint density at radius 2 is 1.92 bits per heavy atom. The first-order chi connectivity index (χ1) is 11.9. The lowest BCUT2D eigenvalue weighted by Crippen LogP contribution is -2.27. The maximum atomic E-state index is 12.8. The molecule has 0 aromatic heterocycles. The van der Waals surface area contributed by atoms with Gasteiger partial charge in [-0.15, -0.1) is 0 Å². The number of rotatable bonds is 6. The summed E-state index contributed by atoms with van der Waals surface area (Å²) in [4.78, 5) is 12.3. The fourth-order valence-electron chi connectivity index (χ4n) is 2.32. The topological polar surface area (TPSA) is 84.5 Å². The summed E-state index contributed by atoms with van der Waals surface area (Å²) in [5, 5.41) is 2.86. The number of nitrogens with one attached hydrogen (secondary N) is 2. The van der Waals surface area contributed by atoms with Gasteiger partial charge in [0.05, 0.1) is 18.4 Å². The number of benzene rings is 2. The van der Waals surface area contributed by atoms with Crippen molar-refractivity contribution in [3.63, 3.8) is 0 Å². The van der Waals surface area contributed by atoms with Crippen LogP contribution >= 0.6 is 15.9 Å². The number of halogens is 1. The predicted molar refractivity (Wildman–Crippen MR) is 98.4 cm³/mol. The minimum atomic E-state index is -3.93. The molecule has 1 amide bonds. The average molecular weight is 425 g/mol. The van der Waals surface area contributed by atoms with Gasteiger partial charge < -0.3 is 10.1 Å². The first kappa shape index (κ1) is 17.8. The molecule has 0 aliphatic heterocycles. The molecule has 2 aromatic carbocycles. The third-order valence-corrected chi connectivity index (χ3v) is 5.62. The third kappa shape index (κ3) is 4.13. The molecule has 0 spiro atoms. The van der Waals surface area contributed by atoms with Crippen LogP contribution in [0.2, 0.25) is 0 Å². The Bertz CT molecular complexity index is 911. The first-order valence-electron chi connectivity index (χ1n) is 7.67. The van der Waals surface area contributed by atoms with Crippen LogP contribution in [0.3, 0.4) is 0 Å². The van der Waals surface area contributed by atoms with Crippen molar-refractivity contribution in [2.75, 3.05) is 11.8 Å². The zero-order valence-corrected chi connectivity index (χ0v) is 15.9. The number of amides is 1.